The average molecular weight is 487 g/mol. The second-order valence-electron chi connectivity index (χ2n) is 10.1. The lowest BCUT2D eigenvalue weighted by molar-refractivity contribution is 0.0528. The highest BCUT2D eigenvalue weighted by molar-refractivity contribution is 7.89. The molecule has 3 fully saturated rings. The Balaban J connectivity index is 1.35. The molecule has 2 amide bonds. The summed E-state index contributed by atoms with van der Waals surface area (Å²) in [6.07, 6.45) is 4.24. The third-order valence-electron chi connectivity index (χ3n) is 7.61. The first kappa shape index (κ1) is 23.4. The molecule has 0 radical (unpaired) electrons. The van der Waals surface area contributed by atoms with Gasteiger partial charge in [-0.15, -0.1) is 0 Å². The Kier molecular flexibility index (Phi) is 6.20. The largest absolute Gasteiger partial charge is 0.393 e. The molecular formula is C25H34N4O4S. The number of carbonyl (C=O) groups excluding carboxylic acids is 1. The first-order chi connectivity index (χ1) is 16.3. The van der Waals surface area contributed by atoms with Gasteiger partial charge >= 0.3 is 6.03 Å². The fourth-order valence-electron chi connectivity index (χ4n) is 6.03. The number of rotatable bonds is 4. The van der Waals surface area contributed by atoms with Gasteiger partial charge in [0.15, 0.2) is 0 Å². The van der Waals surface area contributed by atoms with E-state index in [4.69, 9.17) is 0 Å². The zero-order chi connectivity index (χ0) is 24.0. The number of nitrogens with one attached hydrogen (secondary N) is 1. The number of anilines is 1. The van der Waals surface area contributed by atoms with Gasteiger partial charge in [0, 0.05) is 61.8 Å². The summed E-state index contributed by atoms with van der Waals surface area (Å²) in [6.45, 7) is 0.712. The van der Waals surface area contributed by atoms with Crippen molar-refractivity contribution in [2.75, 3.05) is 32.1 Å². The summed E-state index contributed by atoms with van der Waals surface area (Å²) >= 11 is 0. The molecule has 2 bridgehead atoms. The van der Waals surface area contributed by atoms with Crippen molar-refractivity contribution >= 4 is 32.5 Å². The molecule has 0 spiro atoms. The number of hydrogen-bond donors (Lipinski definition) is 2. The average Bonchev–Trinajstić information content (AvgIpc) is 3.09. The maximum atomic E-state index is 13.7. The maximum absolute atomic E-state index is 13.7. The smallest absolute Gasteiger partial charge is 0.318 e. The molecular weight excluding hydrogens is 452 g/mol. The molecule has 2 N–H and O–H groups in total. The normalized spacial score (nSPS) is 27.7. The zero-order valence-electron chi connectivity index (χ0n) is 19.9. The van der Waals surface area contributed by atoms with Crippen LogP contribution in [-0.2, 0) is 10.0 Å². The lowest BCUT2D eigenvalue weighted by atomic mass is 10.0. The summed E-state index contributed by atoms with van der Waals surface area (Å²) in [6, 6.07) is 11.0. The summed E-state index contributed by atoms with van der Waals surface area (Å²) in [4.78, 5) is 17.3. The number of fused-ring (bicyclic) bond motifs is 3. The van der Waals surface area contributed by atoms with Crippen molar-refractivity contribution in [2.45, 2.75) is 67.6 Å². The van der Waals surface area contributed by atoms with Gasteiger partial charge in [-0.25, -0.2) is 13.2 Å². The number of urea groups is 1. The van der Waals surface area contributed by atoms with E-state index in [-0.39, 0.29) is 36.8 Å². The fraction of sp³-hybridized carbons (Fsp3) is 0.560. The van der Waals surface area contributed by atoms with Gasteiger partial charge in [0.05, 0.1) is 11.0 Å². The second-order valence-corrected chi connectivity index (χ2v) is 12.0. The summed E-state index contributed by atoms with van der Waals surface area (Å²) in [5.74, 6) is 0. The molecule has 184 valence electrons. The number of piperidine rings is 2. The number of aliphatic hydroxyl groups is 1. The molecule has 9 heteroatoms. The van der Waals surface area contributed by atoms with Gasteiger partial charge in [-0.05, 0) is 50.7 Å². The Morgan fingerprint density at radius 3 is 2.41 bits per heavy atom. The van der Waals surface area contributed by atoms with Crippen molar-refractivity contribution in [3.63, 3.8) is 0 Å². The monoisotopic (exact) mass is 486 g/mol. The third-order valence-corrected chi connectivity index (χ3v) is 9.54. The molecule has 4 atom stereocenters. The Hall–Kier alpha value is -2.36. The molecule has 3 aliphatic rings. The van der Waals surface area contributed by atoms with Crippen molar-refractivity contribution < 1.29 is 18.3 Å². The zero-order valence-corrected chi connectivity index (χ0v) is 20.7. The number of amides is 2. The SMILES string of the molecule is CN(C)c1cccc2c(S(=O)(=O)N3CCC[C@H](NC(=O)N4[C@@H]5CC[C@H]4C[C@H](O)C5)C3)cccc12. The first-order valence-corrected chi connectivity index (χ1v) is 13.7. The van der Waals surface area contributed by atoms with Gasteiger partial charge in [0.1, 0.15) is 0 Å². The van der Waals surface area contributed by atoms with E-state index in [0.717, 1.165) is 30.3 Å². The number of nitrogens with zero attached hydrogens (tertiary/aromatic N) is 3. The molecule has 5 rings (SSSR count). The molecule has 0 aromatic heterocycles. The van der Waals surface area contributed by atoms with E-state index in [0.29, 0.717) is 36.1 Å². The minimum absolute atomic E-state index is 0.0822. The van der Waals surface area contributed by atoms with E-state index in [1.807, 2.05) is 48.2 Å². The molecule has 3 aliphatic heterocycles. The number of sulfonamides is 1. The van der Waals surface area contributed by atoms with Crippen LogP contribution in [0.15, 0.2) is 41.3 Å². The van der Waals surface area contributed by atoms with Crippen LogP contribution in [0.3, 0.4) is 0 Å². The topological polar surface area (TPSA) is 93.2 Å². The molecule has 3 heterocycles. The van der Waals surface area contributed by atoms with Gasteiger partial charge in [0.2, 0.25) is 10.0 Å². The minimum Gasteiger partial charge on any atom is -0.393 e. The number of aliphatic hydroxyl groups excluding tert-OH is 1. The molecule has 2 aromatic rings. The van der Waals surface area contributed by atoms with Gasteiger partial charge in [-0.1, -0.05) is 24.3 Å². The van der Waals surface area contributed by atoms with Crippen LogP contribution in [0, 0.1) is 0 Å². The highest BCUT2D eigenvalue weighted by Crippen LogP contribution is 2.36. The van der Waals surface area contributed by atoms with E-state index in [1.165, 1.54) is 4.31 Å². The number of benzene rings is 2. The quantitative estimate of drug-likeness (QED) is 0.693. The van der Waals surface area contributed by atoms with Crippen LogP contribution in [0.25, 0.3) is 10.8 Å². The van der Waals surface area contributed by atoms with Crippen LogP contribution in [0.1, 0.15) is 38.5 Å². The maximum Gasteiger partial charge on any atom is 0.318 e. The van der Waals surface area contributed by atoms with Crippen molar-refractivity contribution in [1.29, 1.82) is 0 Å². The molecule has 8 nitrogen and oxygen atoms in total. The Morgan fingerprint density at radius 2 is 1.71 bits per heavy atom. The van der Waals surface area contributed by atoms with Crippen LogP contribution < -0.4 is 10.2 Å². The third kappa shape index (κ3) is 4.14. The lowest BCUT2D eigenvalue weighted by Gasteiger charge is -2.39. The molecule has 0 unspecified atom stereocenters. The van der Waals surface area contributed by atoms with E-state index in [9.17, 15) is 18.3 Å². The van der Waals surface area contributed by atoms with Crippen molar-refractivity contribution in [2.24, 2.45) is 0 Å². The predicted octanol–water partition coefficient (Wildman–Crippen LogP) is 2.76. The van der Waals surface area contributed by atoms with Crippen LogP contribution in [0.2, 0.25) is 0 Å². The summed E-state index contributed by atoms with van der Waals surface area (Å²) in [5.41, 5.74) is 0.972. The number of carbonyl (C=O) groups is 1. The summed E-state index contributed by atoms with van der Waals surface area (Å²) in [7, 11) is 0.171. The van der Waals surface area contributed by atoms with Crippen molar-refractivity contribution in [1.82, 2.24) is 14.5 Å². The summed E-state index contributed by atoms with van der Waals surface area (Å²) in [5, 5.41) is 14.8. The van der Waals surface area contributed by atoms with E-state index in [1.54, 1.807) is 12.1 Å². The first-order valence-electron chi connectivity index (χ1n) is 12.2. The van der Waals surface area contributed by atoms with Gasteiger partial charge in [0.25, 0.3) is 0 Å². The fourth-order valence-corrected chi connectivity index (χ4v) is 7.76. The molecule has 2 aromatic carbocycles. The molecule has 0 saturated carbocycles. The molecule has 34 heavy (non-hydrogen) atoms. The van der Waals surface area contributed by atoms with Crippen LogP contribution >= 0.6 is 0 Å². The lowest BCUT2D eigenvalue weighted by Crippen LogP contribution is -2.57. The second kappa shape index (κ2) is 9.02. The van der Waals surface area contributed by atoms with E-state index in [2.05, 4.69) is 5.32 Å². The van der Waals surface area contributed by atoms with Gasteiger partial charge < -0.3 is 20.2 Å². The Labute approximate surface area is 201 Å². The van der Waals surface area contributed by atoms with Crippen molar-refractivity contribution in [3.8, 4) is 0 Å². The van der Waals surface area contributed by atoms with Crippen molar-refractivity contribution in [3.05, 3.63) is 36.4 Å². The Bertz CT molecular complexity index is 1170. The summed E-state index contributed by atoms with van der Waals surface area (Å²) < 4.78 is 29.0. The van der Waals surface area contributed by atoms with E-state index < -0.39 is 10.0 Å². The van der Waals surface area contributed by atoms with Crippen LogP contribution in [0.4, 0.5) is 10.5 Å². The van der Waals surface area contributed by atoms with Crippen LogP contribution in [-0.4, -0.2) is 80.2 Å². The van der Waals surface area contributed by atoms with Gasteiger partial charge in [-0.2, -0.15) is 4.31 Å². The highest BCUT2D eigenvalue weighted by Gasteiger charge is 2.43. The minimum atomic E-state index is -3.72. The van der Waals surface area contributed by atoms with Gasteiger partial charge in [-0.3, -0.25) is 0 Å². The highest BCUT2D eigenvalue weighted by atomic mass is 32.2. The van der Waals surface area contributed by atoms with E-state index >= 15 is 0 Å². The van der Waals surface area contributed by atoms with Crippen LogP contribution in [0.5, 0.6) is 0 Å². The number of hydrogen-bond acceptors (Lipinski definition) is 5. The Morgan fingerprint density at radius 1 is 1.03 bits per heavy atom. The molecule has 3 saturated heterocycles. The molecule has 0 aliphatic carbocycles. The predicted molar refractivity (Wildman–Crippen MR) is 132 cm³/mol. The standard InChI is InChI=1S/C25H34N4O4S/c1-27(2)23-9-3-8-22-21(23)7-4-10-24(22)34(32,33)28-13-5-6-17(16-28)26-25(31)29-18-11-12-19(29)15-20(30)14-18/h3-4,7-10,17-20,30H,5-6,11-16H2,1-2H3,(H,26,31)/t17-,18-,19+,20-/m0/s1.